The molecule has 0 spiro atoms. The number of nitrogens with zero attached hydrogens (tertiary/aromatic N) is 2. The monoisotopic (exact) mass is 366 g/mol. The Morgan fingerprint density at radius 3 is 2.50 bits per heavy atom. The third-order valence-electron chi connectivity index (χ3n) is 5.70. The van der Waals surface area contributed by atoms with Crippen molar-refractivity contribution in [2.45, 2.75) is 61.7 Å². The van der Waals surface area contributed by atoms with E-state index >= 15 is 0 Å². The molecule has 0 radical (unpaired) electrons. The zero-order valence-corrected chi connectivity index (χ0v) is 15.8. The molecule has 2 N–H and O–H groups in total. The summed E-state index contributed by atoms with van der Waals surface area (Å²) in [5.41, 5.74) is 0.112. The molecular weight excluding hydrogens is 340 g/mol. The van der Waals surface area contributed by atoms with E-state index in [0.717, 1.165) is 40.2 Å². The van der Waals surface area contributed by atoms with Gasteiger partial charge in [0.1, 0.15) is 0 Å². The summed E-state index contributed by atoms with van der Waals surface area (Å²) >= 11 is 3.04. The van der Waals surface area contributed by atoms with Gasteiger partial charge in [-0.3, -0.25) is 4.79 Å². The van der Waals surface area contributed by atoms with Crippen LogP contribution < -0.4 is 10.6 Å². The Labute approximate surface area is 151 Å². The number of thioether (sulfide) groups is 1. The molecule has 0 aromatic carbocycles. The molecular formula is C17H26N4OS2. The first-order valence-corrected chi connectivity index (χ1v) is 11.0. The van der Waals surface area contributed by atoms with Crippen LogP contribution >= 0.6 is 23.1 Å². The van der Waals surface area contributed by atoms with Gasteiger partial charge in [0, 0.05) is 12.1 Å². The predicted octanol–water partition coefficient (Wildman–Crippen LogP) is 3.54. The number of aromatic nitrogens is 2. The SMILES string of the molecule is CCCNc1nnc(SCC(=O)NC23CC4CC(CC(C4)C2)C3)s1. The lowest BCUT2D eigenvalue weighted by Crippen LogP contribution is -2.60. The third-order valence-corrected chi connectivity index (χ3v) is 7.72. The Balaban J connectivity index is 1.28. The van der Waals surface area contributed by atoms with Crippen molar-refractivity contribution >= 4 is 34.1 Å². The minimum atomic E-state index is 0.112. The number of hydrogen-bond donors (Lipinski definition) is 2. The van der Waals surface area contributed by atoms with Gasteiger partial charge in [0.05, 0.1) is 5.75 Å². The molecule has 4 fully saturated rings. The molecule has 0 unspecified atom stereocenters. The van der Waals surface area contributed by atoms with E-state index in [9.17, 15) is 4.79 Å². The van der Waals surface area contributed by atoms with Gasteiger partial charge in [-0.15, -0.1) is 10.2 Å². The van der Waals surface area contributed by atoms with Gasteiger partial charge >= 0.3 is 0 Å². The van der Waals surface area contributed by atoms with Crippen molar-refractivity contribution in [3.63, 3.8) is 0 Å². The molecule has 132 valence electrons. The Morgan fingerprint density at radius 1 is 1.21 bits per heavy atom. The number of rotatable bonds is 7. The van der Waals surface area contributed by atoms with Crippen molar-refractivity contribution in [3.8, 4) is 0 Å². The highest BCUT2D eigenvalue weighted by Gasteiger charge is 2.51. The topological polar surface area (TPSA) is 66.9 Å². The quantitative estimate of drug-likeness (QED) is 0.723. The van der Waals surface area contributed by atoms with Crippen molar-refractivity contribution in [1.29, 1.82) is 0 Å². The Bertz CT molecular complexity index is 568. The van der Waals surface area contributed by atoms with E-state index in [1.165, 1.54) is 61.6 Å². The normalized spacial score (nSPS) is 33.6. The molecule has 7 heteroatoms. The highest BCUT2D eigenvalue weighted by Crippen LogP contribution is 2.55. The van der Waals surface area contributed by atoms with Crippen molar-refractivity contribution < 1.29 is 4.79 Å². The lowest BCUT2D eigenvalue weighted by Gasteiger charge is -2.56. The Morgan fingerprint density at radius 2 is 1.88 bits per heavy atom. The minimum absolute atomic E-state index is 0.112. The van der Waals surface area contributed by atoms with Crippen molar-refractivity contribution in [2.75, 3.05) is 17.6 Å². The molecule has 0 atom stereocenters. The predicted molar refractivity (Wildman–Crippen MR) is 98.5 cm³/mol. The summed E-state index contributed by atoms with van der Waals surface area (Å²) in [4.78, 5) is 12.5. The van der Waals surface area contributed by atoms with E-state index in [1.54, 1.807) is 0 Å². The molecule has 4 aliphatic rings. The zero-order valence-electron chi connectivity index (χ0n) is 14.2. The van der Waals surface area contributed by atoms with E-state index in [1.807, 2.05) is 0 Å². The van der Waals surface area contributed by atoms with E-state index < -0.39 is 0 Å². The second-order valence-corrected chi connectivity index (χ2v) is 10.0. The van der Waals surface area contributed by atoms with Gasteiger partial charge in [0.25, 0.3) is 0 Å². The number of hydrogen-bond acceptors (Lipinski definition) is 6. The first kappa shape index (κ1) is 16.6. The van der Waals surface area contributed by atoms with Crippen LogP contribution in [0.4, 0.5) is 5.13 Å². The summed E-state index contributed by atoms with van der Waals surface area (Å²) in [6.45, 7) is 3.03. The van der Waals surface area contributed by atoms with Gasteiger partial charge in [0.15, 0.2) is 4.34 Å². The van der Waals surface area contributed by atoms with Crippen LogP contribution in [-0.2, 0) is 4.79 Å². The molecule has 0 aliphatic heterocycles. The molecule has 5 rings (SSSR count). The van der Waals surface area contributed by atoms with Crippen LogP contribution in [0.15, 0.2) is 4.34 Å². The molecule has 1 aromatic heterocycles. The number of nitrogens with one attached hydrogen (secondary N) is 2. The summed E-state index contributed by atoms with van der Waals surface area (Å²) in [7, 11) is 0. The summed E-state index contributed by atoms with van der Waals surface area (Å²) in [6.07, 6.45) is 8.90. The molecule has 5 nitrogen and oxygen atoms in total. The van der Waals surface area contributed by atoms with Crippen LogP contribution in [-0.4, -0.2) is 33.9 Å². The van der Waals surface area contributed by atoms with Gasteiger partial charge in [-0.25, -0.2) is 0 Å². The lowest BCUT2D eigenvalue weighted by atomic mass is 9.53. The molecule has 1 aromatic rings. The second-order valence-electron chi connectivity index (χ2n) is 7.83. The maximum absolute atomic E-state index is 12.5. The maximum Gasteiger partial charge on any atom is 0.230 e. The second kappa shape index (κ2) is 6.83. The van der Waals surface area contributed by atoms with Gasteiger partial charge in [-0.2, -0.15) is 0 Å². The standard InChI is InChI=1S/C17H26N4OS2/c1-2-3-18-15-20-21-16(24-15)23-10-14(22)19-17-7-11-4-12(8-17)6-13(5-11)9-17/h11-13H,2-10H2,1H3,(H,18,20)(H,19,22). The zero-order chi connectivity index (χ0) is 16.6. The fourth-order valence-corrected chi connectivity index (χ4v) is 6.87. The molecule has 1 heterocycles. The smallest absolute Gasteiger partial charge is 0.230 e. The first-order valence-electron chi connectivity index (χ1n) is 9.15. The number of carbonyl (C=O) groups is 1. The molecule has 4 aliphatic carbocycles. The number of anilines is 1. The Kier molecular flexibility index (Phi) is 4.73. The van der Waals surface area contributed by atoms with Gasteiger partial charge in [-0.05, 0) is 62.7 Å². The van der Waals surface area contributed by atoms with Crippen LogP contribution in [0.3, 0.4) is 0 Å². The summed E-state index contributed by atoms with van der Waals surface area (Å²) in [5.74, 6) is 3.20. The number of carbonyl (C=O) groups excluding carboxylic acids is 1. The largest absolute Gasteiger partial charge is 0.360 e. The highest BCUT2D eigenvalue weighted by molar-refractivity contribution is 8.01. The van der Waals surface area contributed by atoms with Gasteiger partial charge in [-0.1, -0.05) is 30.0 Å². The summed E-state index contributed by atoms with van der Waals surface area (Å²) in [6, 6.07) is 0. The first-order chi connectivity index (χ1) is 11.6. The summed E-state index contributed by atoms with van der Waals surface area (Å²) < 4.78 is 0.870. The van der Waals surface area contributed by atoms with E-state index in [4.69, 9.17) is 0 Å². The van der Waals surface area contributed by atoms with Crippen LogP contribution in [0.5, 0.6) is 0 Å². The minimum Gasteiger partial charge on any atom is -0.360 e. The van der Waals surface area contributed by atoms with Crippen LogP contribution in [0.25, 0.3) is 0 Å². The molecule has 4 bridgehead atoms. The lowest BCUT2D eigenvalue weighted by molar-refractivity contribution is -0.124. The van der Waals surface area contributed by atoms with Crippen molar-refractivity contribution in [2.24, 2.45) is 17.8 Å². The Hall–Kier alpha value is -0.820. The van der Waals surface area contributed by atoms with E-state index in [-0.39, 0.29) is 11.4 Å². The number of amides is 1. The van der Waals surface area contributed by atoms with Crippen molar-refractivity contribution in [3.05, 3.63) is 0 Å². The molecule has 0 saturated heterocycles. The van der Waals surface area contributed by atoms with Crippen molar-refractivity contribution in [1.82, 2.24) is 15.5 Å². The van der Waals surface area contributed by atoms with E-state index in [2.05, 4.69) is 27.8 Å². The maximum atomic E-state index is 12.5. The summed E-state index contributed by atoms with van der Waals surface area (Å²) in [5, 5.41) is 15.8. The fraction of sp³-hybridized carbons (Fsp3) is 0.824. The van der Waals surface area contributed by atoms with Gasteiger partial charge in [0.2, 0.25) is 11.0 Å². The van der Waals surface area contributed by atoms with Gasteiger partial charge < -0.3 is 10.6 Å². The third kappa shape index (κ3) is 3.57. The highest BCUT2D eigenvalue weighted by atomic mass is 32.2. The van der Waals surface area contributed by atoms with Crippen LogP contribution in [0.1, 0.15) is 51.9 Å². The molecule has 24 heavy (non-hydrogen) atoms. The van der Waals surface area contributed by atoms with E-state index in [0.29, 0.717) is 5.75 Å². The average molecular weight is 367 g/mol. The van der Waals surface area contributed by atoms with Crippen LogP contribution in [0.2, 0.25) is 0 Å². The molecule has 1 amide bonds. The average Bonchev–Trinajstić information content (AvgIpc) is 2.97. The van der Waals surface area contributed by atoms with Crippen LogP contribution in [0, 0.1) is 17.8 Å². The molecule has 4 saturated carbocycles. The fourth-order valence-electron chi connectivity index (χ4n) is 5.29.